The molecule has 0 amide bonds. The van der Waals surface area contributed by atoms with Crippen LogP contribution in [0.1, 0.15) is 43.0 Å². The van der Waals surface area contributed by atoms with Crippen LogP contribution < -0.4 is 16.4 Å². The first-order chi connectivity index (χ1) is 13.0. The SMILES string of the molecule is CCC(C)c1cc2c(n(-c3ccc(=O)n(CC(=O)OC)c3)c1=O)CNCC2. The molecule has 1 unspecified atom stereocenters. The van der Waals surface area contributed by atoms with E-state index in [2.05, 4.69) is 17.0 Å². The molecule has 1 aliphatic heterocycles. The lowest BCUT2D eigenvalue weighted by Gasteiger charge is -2.24. The monoisotopic (exact) mass is 371 g/mol. The molecular formula is C20H25N3O4. The van der Waals surface area contributed by atoms with E-state index in [9.17, 15) is 14.4 Å². The van der Waals surface area contributed by atoms with E-state index in [-0.39, 0.29) is 23.6 Å². The molecule has 3 rings (SSSR count). The predicted octanol–water partition coefficient (Wildman–Crippen LogP) is 1.33. The van der Waals surface area contributed by atoms with Gasteiger partial charge in [0.1, 0.15) is 6.54 Å². The molecule has 0 bridgehead atoms. The Kier molecular flexibility index (Phi) is 5.60. The Morgan fingerprint density at radius 3 is 2.81 bits per heavy atom. The van der Waals surface area contributed by atoms with Crippen molar-refractivity contribution >= 4 is 5.97 Å². The van der Waals surface area contributed by atoms with Crippen LogP contribution in [0.25, 0.3) is 5.69 Å². The fourth-order valence-corrected chi connectivity index (χ4v) is 3.39. The zero-order valence-corrected chi connectivity index (χ0v) is 15.9. The minimum atomic E-state index is -0.515. The molecule has 2 aromatic rings. The van der Waals surface area contributed by atoms with Gasteiger partial charge in [-0.3, -0.25) is 19.0 Å². The summed E-state index contributed by atoms with van der Waals surface area (Å²) in [5.41, 5.74) is 3.02. The normalized spacial score (nSPS) is 14.5. The van der Waals surface area contributed by atoms with Crippen molar-refractivity contribution in [2.75, 3.05) is 13.7 Å². The van der Waals surface area contributed by atoms with Gasteiger partial charge in [-0.1, -0.05) is 13.8 Å². The number of esters is 1. The minimum absolute atomic E-state index is 0.0740. The summed E-state index contributed by atoms with van der Waals surface area (Å²) in [6.45, 7) is 5.37. The Morgan fingerprint density at radius 1 is 1.33 bits per heavy atom. The number of nitrogens with one attached hydrogen (secondary N) is 1. The molecule has 1 atom stereocenters. The van der Waals surface area contributed by atoms with Crippen LogP contribution >= 0.6 is 0 Å². The molecule has 7 nitrogen and oxygen atoms in total. The van der Waals surface area contributed by atoms with Crippen molar-refractivity contribution in [3.8, 4) is 5.69 Å². The maximum atomic E-state index is 13.3. The van der Waals surface area contributed by atoms with Crippen LogP contribution in [0, 0.1) is 0 Å². The molecule has 0 aromatic carbocycles. The largest absolute Gasteiger partial charge is 0.468 e. The Balaban J connectivity index is 2.21. The average Bonchev–Trinajstić information content (AvgIpc) is 2.68. The number of aromatic nitrogens is 2. The van der Waals surface area contributed by atoms with E-state index in [4.69, 9.17) is 0 Å². The third-order valence-corrected chi connectivity index (χ3v) is 5.18. The summed E-state index contributed by atoms with van der Waals surface area (Å²) in [6.07, 6.45) is 3.27. The van der Waals surface area contributed by atoms with Gasteiger partial charge < -0.3 is 14.6 Å². The standard InChI is InChI=1S/C20H25N3O4/c1-4-13(2)16-9-14-7-8-21-10-17(14)23(20(16)26)15-5-6-18(24)22(11-15)12-19(25)27-3/h5-6,9,11,13,21H,4,7-8,10,12H2,1-3H3. The fraction of sp³-hybridized carbons (Fsp3) is 0.450. The number of ether oxygens (including phenoxy) is 1. The second-order valence-electron chi connectivity index (χ2n) is 6.88. The van der Waals surface area contributed by atoms with Crippen molar-refractivity contribution < 1.29 is 9.53 Å². The third-order valence-electron chi connectivity index (χ3n) is 5.18. The second kappa shape index (κ2) is 7.92. The lowest BCUT2D eigenvalue weighted by Crippen LogP contribution is -2.35. The maximum absolute atomic E-state index is 13.3. The number of carbonyl (C=O) groups is 1. The van der Waals surface area contributed by atoms with Crippen molar-refractivity contribution in [1.29, 1.82) is 0 Å². The van der Waals surface area contributed by atoms with Crippen LogP contribution in [-0.2, 0) is 29.0 Å². The molecule has 1 N–H and O–H groups in total. The Labute approximate surface area is 157 Å². The van der Waals surface area contributed by atoms with E-state index in [1.54, 1.807) is 16.8 Å². The molecule has 2 aromatic heterocycles. The van der Waals surface area contributed by atoms with E-state index in [0.717, 1.165) is 36.2 Å². The molecule has 0 radical (unpaired) electrons. The molecule has 0 aliphatic carbocycles. The van der Waals surface area contributed by atoms with Crippen LogP contribution in [0.15, 0.2) is 34.0 Å². The predicted molar refractivity (Wildman–Crippen MR) is 102 cm³/mol. The van der Waals surface area contributed by atoms with Gasteiger partial charge in [0.05, 0.1) is 12.8 Å². The highest BCUT2D eigenvalue weighted by atomic mass is 16.5. The molecule has 3 heterocycles. The Morgan fingerprint density at radius 2 is 2.11 bits per heavy atom. The average molecular weight is 371 g/mol. The topological polar surface area (TPSA) is 82.3 Å². The van der Waals surface area contributed by atoms with Gasteiger partial charge >= 0.3 is 5.97 Å². The minimum Gasteiger partial charge on any atom is -0.468 e. The second-order valence-corrected chi connectivity index (χ2v) is 6.88. The van der Waals surface area contributed by atoms with Crippen molar-refractivity contribution in [3.63, 3.8) is 0 Å². The van der Waals surface area contributed by atoms with Gasteiger partial charge in [0.15, 0.2) is 0 Å². The molecule has 0 saturated carbocycles. The molecular weight excluding hydrogens is 346 g/mol. The van der Waals surface area contributed by atoms with Crippen molar-refractivity contribution in [2.45, 2.75) is 45.7 Å². The highest BCUT2D eigenvalue weighted by Crippen LogP contribution is 2.22. The summed E-state index contributed by atoms with van der Waals surface area (Å²) >= 11 is 0. The van der Waals surface area contributed by atoms with E-state index in [1.807, 2.05) is 13.0 Å². The smallest absolute Gasteiger partial charge is 0.325 e. The van der Waals surface area contributed by atoms with Crippen LogP contribution in [0.2, 0.25) is 0 Å². The van der Waals surface area contributed by atoms with E-state index in [0.29, 0.717) is 12.2 Å². The molecule has 27 heavy (non-hydrogen) atoms. The highest BCUT2D eigenvalue weighted by Gasteiger charge is 2.21. The van der Waals surface area contributed by atoms with Crippen molar-refractivity contribution in [3.05, 3.63) is 61.9 Å². The maximum Gasteiger partial charge on any atom is 0.325 e. The van der Waals surface area contributed by atoms with Gasteiger partial charge in [-0.2, -0.15) is 0 Å². The van der Waals surface area contributed by atoms with Crippen molar-refractivity contribution in [2.24, 2.45) is 0 Å². The van der Waals surface area contributed by atoms with Crippen LogP contribution in [-0.4, -0.2) is 28.8 Å². The number of carbonyl (C=O) groups excluding carboxylic acids is 1. The zero-order chi connectivity index (χ0) is 19.6. The van der Waals surface area contributed by atoms with Crippen LogP contribution in [0.5, 0.6) is 0 Å². The van der Waals surface area contributed by atoms with Crippen LogP contribution in [0.3, 0.4) is 0 Å². The molecule has 144 valence electrons. The van der Waals surface area contributed by atoms with Crippen molar-refractivity contribution in [1.82, 2.24) is 14.5 Å². The summed E-state index contributed by atoms with van der Waals surface area (Å²) in [4.78, 5) is 37.0. The summed E-state index contributed by atoms with van der Waals surface area (Å²) in [5, 5.41) is 3.31. The van der Waals surface area contributed by atoms with Gasteiger partial charge in [0.2, 0.25) is 0 Å². The number of nitrogens with zero attached hydrogens (tertiary/aromatic N) is 2. The number of pyridine rings is 2. The highest BCUT2D eigenvalue weighted by molar-refractivity contribution is 5.69. The number of hydrogen-bond donors (Lipinski definition) is 1. The summed E-state index contributed by atoms with van der Waals surface area (Å²) < 4.78 is 7.60. The molecule has 0 fully saturated rings. The fourth-order valence-electron chi connectivity index (χ4n) is 3.39. The lowest BCUT2D eigenvalue weighted by atomic mass is 9.95. The van der Waals surface area contributed by atoms with Gasteiger partial charge in [0.25, 0.3) is 11.1 Å². The number of rotatable bonds is 5. The van der Waals surface area contributed by atoms with Gasteiger partial charge in [-0.05, 0) is 43.0 Å². The van der Waals surface area contributed by atoms with Crippen LogP contribution in [0.4, 0.5) is 0 Å². The van der Waals surface area contributed by atoms with E-state index in [1.165, 1.54) is 17.7 Å². The summed E-state index contributed by atoms with van der Waals surface area (Å²) in [5.74, 6) is -0.372. The Hall–Kier alpha value is -2.67. The molecule has 0 saturated heterocycles. The third kappa shape index (κ3) is 3.73. The quantitative estimate of drug-likeness (QED) is 0.802. The number of hydrogen-bond acceptors (Lipinski definition) is 5. The summed E-state index contributed by atoms with van der Waals surface area (Å²) in [7, 11) is 1.28. The number of fused-ring (bicyclic) bond motifs is 1. The first kappa shape index (κ1) is 19.1. The van der Waals surface area contributed by atoms with Gasteiger partial charge in [-0.25, -0.2) is 0 Å². The Bertz CT molecular complexity index is 974. The molecule has 1 aliphatic rings. The van der Waals surface area contributed by atoms with E-state index < -0.39 is 5.97 Å². The first-order valence-corrected chi connectivity index (χ1v) is 9.22. The molecule has 0 spiro atoms. The van der Waals surface area contributed by atoms with Gasteiger partial charge in [-0.15, -0.1) is 0 Å². The van der Waals surface area contributed by atoms with Gasteiger partial charge in [0, 0.05) is 30.1 Å². The van der Waals surface area contributed by atoms with E-state index >= 15 is 0 Å². The first-order valence-electron chi connectivity index (χ1n) is 9.22. The molecule has 7 heteroatoms. The summed E-state index contributed by atoms with van der Waals surface area (Å²) in [6, 6.07) is 5.05. The zero-order valence-electron chi connectivity index (χ0n) is 15.9. The lowest BCUT2D eigenvalue weighted by molar-refractivity contribution is -0.141. The number of methoxy groups -OCH3 is 1.